The molecule has 2 N–H and O–H groups in total. The van der Waals surface area contributed by atoms with Crippen LogP contribution in [0.5, 0.6) is 0 Å². The zero-order valence-electron chi connectivity index (χ0n) is 14.0. The first-order valence-electron chi connectivity index (χ1n) is 8.18. The Morgan fingerprint density at radius 3 is 2.30 bits per heavy atom. The highest BCUT2D eigenvalue weighted by Gasteiger charge is 2.27. The summed E-state index contributed by atoms with van der Waals surface area (Å²) in [5.41, 5.74) is 0.961. The molecule has 0 spiro atoms. The molecular weight excluding hydrogens is 312 g/mol. The first-order valence-corrected chi connectivity index (χ1v) is 9.67. The minimum Gasteiger partial charge on any atom is -0.353 e. The molecule has 1 fully saturated rings. The second-order valence-electron chi connectivity index (χ2n) is 6.64. The van der Waals surface area contributed by atoms with Crippen molar-refractivity contribution in [3.63, 3.8) is 0 Å². The minimum absolute atomic E-state index is 0.0262. The van der Waals surface area contributed by atoms with E-state index in [-0.39, 0.29) is 22.9 Å². The smallest absolute Gasteiger partial charge is 0.240 e. The number of hydrogen-bond donors (Lipinski definition) is 2. The summed E-state index contributed by atoms with van der Waals surface area (Å²) in [5.74, 6) is 0.431. The van der Waals surface area contributed by atoms with E-state index in [1.54, 1.807) is 24.3 Å². The highest BCUT2D eigenvalue weighted by atomic mass is 32.2. The molecule has 1 amide bonds. The van der Waals surface area contributed by atoms with Gasteiger partial charge < -0.3 is 5.32 Å². The topological polar surface area (TPSA) is 75.3 Å². The van der Waals surface area contributed by atoms with Crippen LogP contribution in [0.2, 0.25) is 0 Å². The minimum atomic E-state index is -3.40. The Kier molecular flexibility index (Phi) is 5.81. The Morgan fingerprint density at radius 2 is 1.78 bits per heavy atom. The maximum absolute atomic E-state index is 12.1. The van der Waals surface area contributed by atoms with E-state index in [4.69, 9.17) is 0 Å². The maximum Gasteiger partial charge on any atom is 0.240 e. The number of hydrogen-bond acceptors (Lipinski definition) is 3. The Bertz CT molecular complexity index is 634. The molecule has 2 rings (SSSR count). The number of amides is 1. The molecule has 0 saturated heterocycles. The summed E-state index contributed by atoms with van der Waals surface area (Å²) in [6.07, 6.45) is 2.85. The second-order valence-corrected chi connectivity index (χ2v) is 8.35. The van der Waals surface area contributed by atoms with Gasteiger partial charge in [-0.25, -0.2) is 13.1 Å². The highest BCUT2D eigenvalue weighted by Crippen LogP contribution is 2.22. The summed E-state index contributed by atoms with van der Waals surface area (Å²) in [6, 6.07) is 7.03. The summed E-state index contributed by atoms with van der Waals surface area (Å²) in [7, 11) is -3.40. The molecule has 0 bridgehead atoms. The molecule has 0 aromatic heterocycles. The van der Waals surface area contributed by atoms with Crippen molar-refractivity contribution in [2.75, 3.05) is 0 Å². The fourth-order valence-electron chi connectivity index (χ4n) is 2.07. The molecule has 1 saturated carbocycles. The van der Waals surface area contributed by atoms with E-state index in [0.29, 0.717) is 18.8 Å². The van der Waals surface area contributed by atoms with E-state index >= 15 is 0 Å². The fourth-order valence-corrected chi connectivity index (χ4v) is 3.38. The zero-order chi connectivity index (χ0) is 17.0. The first kappa shape index (κ1) is 17.9. The summed E-state index contributed by atoms with van der Waals surface area (Å²) in [4.78, 5) is 12.2. The van der Waals surface area contributed by atoms with Gasteiger partial charge in [0.15, 0.2) is 0 Å². The van der Waals surface area contributed by atoms with Crippen molar-refractivity contribution in [3.8, 4) is 0 Å². The number of sulfonamides is 1. The van der Waals surface area contributed by atoms with E-state index in [1.807, 2.05) is 6.92 Å². The third-order valence-corrected chi connectivity index (χ3v) is 5.70. The van der Waals surface area contributed by atoms with Crippen molar-refractivity contribution in [1.82, 2.24) is 10.0 Å². The molecule has 6 heteroatoms. The Labute approximate surface area is 138 Å². The Hall–Kier alpha value is -1.40. The monoisotopic (exact) mass is 338 g/mol. The average molecular weight is 338 g/mol. The zero-order valence-corrected chi connectivity index (χ0v) is 14.8. The standard InChI is InChI=1S/C17H26N2O3S/c1-12(2)13(3)18-17(20)11-6-14-4-9-16(10-5-14)23(21,22)19-15-7-8-15/h4-5,9-10,12-13,15,19H,6-8,11H2,1-3H3,(H,18,20). The van der Waals surface area contributed by atoms with Crippen LogP contribution in [0.3, 0.4) is 0 Å². The van der Waals surface area contributed by atoms with Crippen LogP contribution in [-0.4, -0.2) is 26.4 Å². The van der Waals surface area contributed by atoms with Crippen LogP contribution >= 0.6 is 0 Å². The summed E-state index contributed by atoms with van der Waals surface area (Å²) in [6.45, 7) is 6.13. The molecule has 5 nitrogen and oxygen atoms in total. The number of aryl methyl sites for hydroxylation is 1. The van der Waals surface area contributed by atoms with E-state index < -0.39 is 10.0 Å². The molecule has 1 aromatic rings. The van der Waals surface area contributed by atoms with Gasteiger partial charge in [-0.05, 0) is 49.8 Å². The maximum atomic E-state index is 12.1. The van der Waals surface area contributed by atoms with Crippen LogP contribution < -0.4 is 10.0 Å². The van der Waals surface area contributed by atoms with Gasteiger partial charge in [-0.1, -0.05) is 26.0 Å². The van der Waals surface area contributed by atoms with Gasteiger partial charge in [0.25, 0.3) is 0 Å². The van der Waals surface area contributed by atoms with E-state index in [1.165, 1.54) is 0 Å². The molecule has 1 aliphatic rings. The number of rotatable bonds is 8. The van der Waals surface area contributed by atoms with Gasteiger partial charge in [0.1, 0.15) is 0 Å². The lowest BCUT2D eigenvalue weighted by molar-refractivity contribution is -0.121. The van der Waals surface area contributed by atoms with Gasteiger partial charge in [0.2, 0.25) is 15.9 Å². The van der Waals surface area contributed by atoms with E-state index in [2.05, 4.69) is 23.9 Å². The molecule has 1 atom stereocenters. The van der Waals surface area contributed by atoms with Gasteiger partial charge in [0, 0.05) is 18.5 Å². The molecule has 1 aromatic carbocycles. The number of benzene rings is 1. The fraction of sp³-hybridized carbons (Fsp3) is 0.588. The van der Waals surface area contributed by atoms with Crippen molar-refractivity contribution in [3.05, 3.63) is 29.8 Å². The summed E-state index contributed by atoms with van der Waals surface area (Å²) in [5, 5.41) is 2.97. The number of nitrogens with one attached hydrogen (secondary N) is 2. The van der Waals surface area contributed by atoms with Crippen LogP contribution in [0.4, 0.5) is 0 Å². The third-order valence-electron chi connectivity index (χ3n) is 4.16. The molecule has 0 radical (unpaired) electrons. The number of carbonyl (C=O) groups is 1. The lowest BCUT2D eigenvalue weighted by Gasteiger charge is -2.17. The van der Waals surface area contributed by atoms with Gasteiger partial charge in [-0.15, -0.1) is 0 Å². The number of carbonyl (C=O) groups excluding carboxylic acids is 1. The predicted octanol–water partition coefficient (Wildman–Crippen LogP) is 2.22. The second kappa shape index (κ2) is 7.45. The SMILES string of the molecule is CC(C)C(C)NC(=O)CCc1ccc(S(=O)(=O)NC2CC2)cc1. The van der Waals surface area contributed by atoms with Crippen LogP contribution in [-0.2, 0) is 21.2 Å². The van der Waals surface area contributed by atoms with Gasteiger partial charge >= 0.3 is 0 Å². The molecule has 0 aliphatic heterocycles. The quantitative estimate of drug-likeness (QED) is 0.763. The molecule has 1 aliphatic carbocycles. The average Bonchev–Trinajstić information content (AvgIpc) is 3.28. The lowest BCUT2D eigenvalue weighted by Crippen LogP contribution is -2.36. The van der Waals surface area contributed by atoms with Crippen LogP contribution in [0.1, 0.15) is 45.6 Å². The van der Waals surface area contributed by atoms with Crippen molar-refractivity contribution >= 4 is 15.9 Å². The largest absolute Gasteiger partial charge is 0.353 e. The molecule has 1 unspecified atom stereocenters. The normalized spacial score (nSPS) is 16.3. The van der Waals surface area contributed by atoms with Crippen molar-refractivity contribution in [1.29, 1.82) is 0 Å². The van der Waals surface area contributed by atoms with Crippen LogP contribution in [0.15, 0.2) is 29.2 Å². The van der Waals surface area contributed by atoms with E-state index in [0.717, 1.165) is 18.4 Å². The molecule has 0 heterocycles. The van der Waals surface area contributed by atoms with Crippen LogP contribution in [0, 0.1) is 5.92 Å². The Balaban J connectivity index is 1.86. The van der Waals surface area contributed by atoms with E-state index in [9.17, 15) is 13.2 Å². The first-order chi connectivity index (χ1) is 10.8. The van der Waals surface area contributed by atoms with Gasteiger partial charge in [0.05, 0.1) is 4.90 Å². The highest BCUT2D eigenvalue weighted by molar-refractivity contribution is 7.89. The lowest BCUT2D eigenvalue weighted by atomic mass is 10.1. The molecule has 128 valence electrons. The van der Waals surface area contributed by atoms with Crippen molar-refractivity contribution in [2.45, 2.75) is 63.4 Å². The summed E-state index contributed by atoms with van der Waals surface area (Å²) < 4.78 is 26.8. The Morgan fingerprint density at radius 1 is 1.17 bits per heavy atom. The van der Waals surface area contributed by atoms with Crippen LogP contribution in [0.25, 0.3) is 0 Å². The summed E-state index contributed by atoms with van der Waals surface area (Å²) >= 11 is 0. The third kappa shape index (κ3) is 5.62. The molecule has 23 heavy (non-hydrogen) atoms. The molecular formula is C17H26N2O3S. The van der Waals surface area contributed by atoms with Gasteiger partial charge in [-0.2, -0.15) is 0 Å². The van der Waals surface area contributed by atoms with Crippen molar-refractivity contribution < 1.29 is 13.2 Å². The predicted molar refractivity (Wildman–Crippen MR) is 90.5 cm³/mol. The van der Waals surface area contributed by atoms with Crippen molar-refractivity contribution in [2.24, 2.45) is 5.92 Å². The van der Waals surface area contributed by atoms with Gasteiger partial charge in [-0.3, -0.25) is 4.79 Å².